The number of benzene rings is 1. The van der Waals surface area contributed by atoms with Crippen molar-refractivity contribution < 1.29 is 17.6 Å². The minimum absolute atomic E-state index is 0.210. The van der Waals surface area contributed by atoms with Gasteiger partial charge in [-0.15, -0.1) is 0 Å². The van der Waals surface area contributed by atoms with Crippen LogP contribution in [-0.2, 0) is 21.4 Å². The Morgan fingerprint density at radius 3 is 2.43 bits per heavy atom. The van der Waals surface area contributed by atoms with Crippen LogP contribution in [0.2, 0.25) is 0 Å². The van der Waals surface area contributed by atoms with Crippen molar-refractivity contribution in [3.63, 3.8) is 0 Å². The summed E-state index contributed by atoms with van der Waals surface area (Å²) in [7, 11) is -3.60. The molecule has 0 saturated carbocycles. The van der Waals surface area contributed by atoms with Crippen LogP contribution in [0.4, 0.5) is 5.69 Å². The van der Waals surface area contributed by atoms with Crippen LogP contribution in [-0.4, -0.2) is 26.6 Å². The molecule has 1 N–H and O–H groups in total. The second-order valence-electron chi connectivity index (χ2n) is 5.37. The molecule has 0 unspecified atom stereocenters. The molecule has 0 saturated heterocycles. The molecule has 0 bridgehead atoms. The molecule has 124 valence electrons. The molecule has 1 atom stereocenters. The van der Waals surface area contributed by atoms with Gasteiger partial charge in [-0.05, 0) is 38.1 Å². The van der Waals surface area contributed by atoms with E-state index in [1.165, 1.54) is 6.26 Å². The first kappa shape index (κ1) is 17.1. The Morgan fingerprint density at radius 1 is 1.26 bits per heavy atom. The first-order chi connectivity index (χ1) is 10.8. The van der Waals surface area contributed by atoms with Crippen molar-refractivity contribution in [1.29, 1.82) is 0 Å². The molecule has 0 radical (unpaired) electrons. The molecular weight excluding hydrogens is 316 g/mol. The quantitative estimate of drug-likeness (QED) is 0.876. The van der Waals surface area contributed by atoms with Gasteiger partial charge in [0.05, 0.1) is 24.8 Å². The summed E-state index contributed by atoms with van der Waals surface area (Å²) in [6.45, 7) is 3.67. The molecule has 1 aromatic heterocycles. The summed E-state index contributed by atoms with van der Waals surface area (Å²) >= 11 is 0. The number of amides is 1. The van der Waals surface area contributed by atoms with Crippen LogP contribution in [0.25, 0.3) is 0 Å². The first-order valence-corrected chi connectivity index (χ1v) is 9.00. The number of anilines is 1. The van der Waals surface area contributed by atoms with Crippen LogP contribution in [0, 0.1) is 6.92 Å². The lowest BCUT2D eigenvalue weighted by Crippen LogP contribution is -2.47. The number of carbonyl (C=O) groups excluding carboxylic acids is 1. The van der Waals surface area contributed by atoms with Crippen LogP contribution in [0.3, 0.4) is 0 Å². The van der Waals surface area contributed by atoms with Gasteiger partial charge < -0.3 is 9.73 Å². The number of carbonyl (C=O) groups is 1. The minimum atomic E-state index is -3.60. The Labute approximate surface area is 136 Å². The van der Waals surface area contributed by atoms with E-state index in [4.69, 9.17) is 4.42 Å². The summed E-state index contributed by atoms with van der Waals surface area (Å²) in [5.74, 6) is 0.208. The molecule has 0 aliphatic carbocycles. The van der Waals surface area contributed by atoms with Gasteiger partial charge >= 0.3 is 0 Å². The fraction of sp³-hybridized carbons (Fsp3) is 0.312. The maximum absolute atomic E-state index is 12.3. The molecule has 1 aromatic carbocycles. The van der Waals surface area contributed by atoms with E-state index in [0.29, 0.717) is 11.4 Å². The van der Waals surface area contributed by atoms with Gasteiger partial charge in [-0.3, -0.25) is 9.10 Å². The molecule has 7 heteroatoms. The van der Waals surface area contributed by atoms with E-state index in [2.05, 4.69) is 5.32 Å². The monoisotopic (exact) mass is 336 g/mol. The van der Waals surface area contributed by atoms with Gasteiger partial charge in [-0.1, -0.05) is 17.7 Å². The fourth-order valence-electron chi connectivity index (χ4n) is 2.24. The summed E-state index contributed by atoms with van der Waals surface area (Å²) < 4.78 is 30.5. The predicted molar refractivity (Wildman–Crippen MR) is 88.5 cm³/mol. The van der Waals surface area contributed by atoms with E-state index in [1.54, 1.807) is 43.3 Å². The van der Waals surface area contributed by atoms with E-state index in [0.717, 1.165) is 16.1 Å². The highest BCUT2D eigenvalue weighted by Crippen LogP contribution is 2.21. The Morgan fingerprint density at radius 2 is 1.91 bits per heavy atom. The highest BCUT2D eigenvalue weighted by Gasteiger charge is 2.28. The van der Waals surface area contributed by atoms with Crippen LogP contribution >= 0.6 is 0 Å². The molecule has 2 aromatic rings. The van der Waals surface area contributed by atoms with Crippen LogP contribution in [0.15, 0.2) is 47.1 Å². The number of sulfonamides is 1. The van der Waals surface area contributed by atoms with Crippen molar-refractivity contribution in [1.82, 2.24) is 5.32 Å². The van der Waals surface area contributed by atoms with Gasteiger partial charge in [-0.2, -0.15) is 0 Å². The number of nitrogens with one attached hydrogen (secondary N) is 1. The van der Waals surface area contributed by atoms with E-state index < -0.39 is 22.0 Å². The highest BCUT2D eigenvalue weighted by atomic mass is 32.2. The van der Waals surface area contributed by atoms with Crippen molar-refractivity contribution >= 4 is 21.6 Å². The fourth-order valence-corrected chi connectivity index (χ4v) is 3.41. The number of aryl methyl sites for hydroxylation is 1. The molecule has 1 amide bonds. The molecule has 0 aliphatic heterocycles. The molecule has 0 spiro atoms. The number of nitrogens with zero attached hydrogens (tertiary/aromatic N) is 1. The number of hydrogen-bond donors (Lipinski definition) is 1. The summed E-state index contributed by atoms with van der Waals surface area (Å²) in [5.41, 5.74) is 1.47. The zero-order chi connectivity index (χ0) is 17.0. The van der Waals surface area contributed by atoms with Crippen molar-refractivity contribution in [3.8, 4) is 0 Å². The molecular formula is C16H20N2O4S. The van der Waals surface area contributed by atoms with Crippen LogP contribution in [0.1, 0.15) is 18.2 Å². The molecule has 1 heterocycles. The topological polar surface area (TPSA) is 79.6 Å². The Bertz CT molecular complexity index is 752. The van der Waals surface area contributed by atoms with Crippen molar-refractivity contribution in [2.24, 2.45) is 0 Å². The largest absolute Gasteiger partial charge is 0.467 e. The smallest absolute Gasteiger partial charge is 0.243 e. The third-order valence-corrected chi connectivity index (χ3v) is 4.64. The first-order valence-electron chi connectivity index (χ1n) is 7.15. The highest BCUT2D eigenvalue weighted by molar-refractivity contribution is 7.92. The zero-order valence-electron chi connectivity index (χ0n) is 13.3. The predicted octanol–water partition coefficient (Wildman–Crippen LogP) is 2.06. The van der Waals surface area contributed by atoms with Gasteiger partial charge in [0.15, 0.2) is 0 Å². The number of hydrogen-bond acceptors (Lipinski definition) is 4. The third-order valence-electron chi connectivity index (χ3n) is 3.39. The average molecular weight is 336 g/mol. The maximum atomic E-state index is 12.3. The van der Waals surface area contributed by atoms with Gasteiger partial charge in [0.25, 0.3) is 0 Å². The minimum Gasteiger partial charge on any atom is -0.467 e. The van der Waals surface area contributed by atoms with Crippen LogP contribution < -0.4 is 9.62 Å². The lowest BCUT2D eigenvalue weighted by molar-refractivity contribution is -0.122. The van der Waals surface area contributed by atoms with Crippen molar-refractivity contribution in [2.75, 3.05) is 10.6 Å². The summed E-state index contributed by atoms with van der Waals surface area (Å²) in [5, 5.41) is 2.68. The summed E-state index contributed by atoms with van der Waals surface area (Å²) in [6, 6.07) is 9.57. The second-order valence-corrected chi connectivity index (χ2v) is 7.23. The van der Waals surface area contributed by atoms with E-state index in [9.17, 15) is 13.2 Å². The van der Waals surface area contributed by atoms with E-state index >= 15 is 0 Å². The van der Waals surface area contributed by atoms with E-state index in [-0.39, 0.29) is 6.54 Å². The van der Waals surface area contributed by atoms with Gasteiger partial charge in [0.1, 0.15) is 11.8 Å². The molecule has 0 fully saturated rings. The van der Waals surface area contributed by atoms with Crippen molar-refractivity contribution in [3.05, 3.63) is 54.0 Å². The SMILES string of the molecule is Cc1ccc(N([C@@H](C)C(=O)NCc2ccco2)S(C)(=O)=O)cc1. The number of rotatable bonds is 6. The van der Waals surface area contributed by atoms with Crippen molar-refractivity contribution in [2.45, 2.75) is 26.4 Å². The normalized spacial score (nSPS) is 12.7. The maximum Gasteiger partial charge on any atom is 0.243 e. The summed E-state index contributed by atoms with van der Waals surface area (Å²) in [6.07, 6.45) is 2.60. The lowest BCUT2D eigenvalue weighted by atomic mass is 10.2. The Hall–Kier alpha value is -2.28. The third kappa shape index (κ3) is 4.35. The Balaban J connectivity index is 2.18. The van der Waals surface area contributed by atoms with Gasteiger partial charge in [0.2, 0.25) is 15.9 Å². The molecule has 2 rings (SSSR count). The van der Waals surface area contributed by atoms with Crippen LogP contribution in [0.5, 0.6) is 0 Å². The second kappa shape index (κ2) is 6.87. The van der Waals surface area contributed by atoms with Gasteiger partial charge in [0, 0.05) is 0 Å². The molecule has 23 heavy (non-hydrogen) atoms. The average Bonchev–Trinajstić information content (AvgIpc) is 2.99. The van der Waals surface area contributed by atoms with E-state index in [1.807, 2.05) is 6.92 Å². The standard InChI is InChI=1S/C16H20N2O4S/c1-12-6-8-14(9-7-12)18(23(3,20)21)13(2)16(19)17-11-15-5-4-10-22-15/h4-10,13H,11H2,1-3H3,(H,17,19)/t13-/m0/s1. The number of furan rings is 1. The zero-order valence-corrected chi connectivity index (χ0v) is 14.1. The molecule has 6 nitrogen and oxygen atoms in total. The Kier molecular flexibility index (Phi) is 5.10. The molecule has 0 aliphatic rings. The lowest BCUT2D eigenvalue weighted by Gasteiger charge is -2.28. The summed E-state index contributed by atoms with van der Waals surface area (Å²) in [4.78, 5) is 12.3. The van der Waals surface area contributed by atoms with Gasteiger partial charge in [-0.25, -0.2) is 8.42 Å².